The van der Waals surface area contributed by atoms with E-state index in [2.05, 4.69) is 0 Å². The first-order valence-electron chi connectivity index (χ1n) is 9.35. The molecule has 0 spiro atoms. The van der Waals surface area contributed by atoms with Crippen molar-refractivity contribution >= 4 is 5.97 Å². The Labute approximate surface area is 197 Å². The van der Waals surface area contributed by atoms with E-state index < -0.39 is 5.97 Å². The van der Waals surface area contributed by atoms with E-state index in [1.807, 2.05) is 95.6 Å². The van der Waals surface area contributed by atoms with Gasteiger partial charge in [0.2, 0.25) is 0 Å². The molecule has 0 unspecified atom stereocenters. The van der Waals surface area contributed by atoms with Gasteiger partial charge in [0.1, 0.15) is 5.69 Å². The molecule has 144 valence electrons. The molecule has 0 aliphatic rings. The van der Waals surface area contributed by atoms with Gasteiger partial charge in [-0.2, -0.15) is 4.98 Å². The number of aliphatic carboxylic acids is 1. The SMILES string of the molecule is O=C([O-])CCOc1nc(-c2ccccc2)c(-c2ccccc2)n1-c1ccccc1.[Na+]. The van der Waals surface area contributed by atoms with E-state index in [0.717, 1.165) is 28.2 Å². The molecule has 0 radical (unpaired) electrons. The van der Waals surface area contributed by atoms with Gasteiger partial charge in [-0.15, -0.1) is 0 Å². The number of carboxylic acid groups (broad SMARTS) is 1. The Balaban J connectivity index is 0.00000256. The van der Waals surface area contributed by atoms with Crippen LogP contribution in [0.25, 0.3) is 28.2 Å². The number of para-hydroxylation sites is 1. The second kappa shape index (κ2) is 10.3. The topological polar surface area (TPSA) is 67.2 Å². The minimum absolute atomic E-state index is 0. The minimum atomic E-state index is -1.16. The molecule has 3 aromatic carbocycles. The molecule has 0 aliphatic carbocycles. The Morgan fingerprint density at radius 1 is 0.833 bits per heavy atom. The van der Waals surface area contributed by atoms with Crippen LogP contribution in [0.4, 0.5) is 0 Å². The van der Waals surface area contributed by atoms with Gasteiger partial charge in [-0.05, 0) is 12.1 Å². The van der Waals surface area contributed by atoms with Crippen LogP contribution in [0.2, 0.25) is 0 Å². The van der Waals surface area contributed by atoms with Crippen molar-refractivity contribution in [2.24, 2.45) is 0 Å². The summed E-state index contributed by atoms with van der Waals surface area (Å²) in [5, 5.41) is 10.8. The number of imidazole rings is 1. The van der Waals surface area contributed by atoms with Gasteiger partial charge in [0, 0.05) is 23.5 Å². The number of benzene rings is 3. The van der Waals surface area contributed by atoms with Gasteiger partial charge in [0.25, 0.3) is 0 Å². The summed E-state index contributed by atoms with van der Waals surface area (Å²) in [5.41, 5.74) is 4.46. The number of ether oxygens (including phenoxy) is 1. The number of carboxylic acids is 1. The zero-order chi connectivity index (χ0) is 20.1. The van der Waals surface area contributed by atoms with E-state index in [1.54, 1.807) is 0 Å². The second-order valence-corrected chi connectivity index (χ2v) is 6.47. The monoisotopic (exact) mass is 406 g/mol. The smallest absolute Gasteiger partial charge is 0.550 e. The largest absolute Gasteiger partial charge is 1.00 e. The standard InChI is InChI=1S/C24H20N2O3.Na/c27-21(28)16-17-29-24-25-22(18-10-4-1-5-11-18)23(19-12-6-2-7-13-19)26(24)20-14-8-3-9-15-20;/h1-15H,16-17H2,(H,27,28);/q;+1/p-1. The molecule has 0 aliphatic heterocycles. The van der Waals surface area contributed by atoms with Crippen molar-refractivity contribution in [1.29, 1.82) is 0 Å². The quantitative estimate of drug-likeness (QED) is 0.425. The van der Waals surface area contributed by atoms with Crippen molar-refractivity contribution < 1.29 is 44.2 Å². The molecule has 4 rings (SSSR count). The van der Waals surface area contributed by atoms with Crippen LogP contribution < -0.4 is 39.4 Å². The van der Waals surface area contributed by atoms with Crippen LogP contribution >= 0.6 is 0 Å². The zero-order valence-corrected chi connectivity index (χ0v) is 18.7. The molecule has 6 heteroatoms. The van der Waals surface area contributed by atoms with Gasteiger partial charge in [-0.3, -0.25) is 4.57 Å². The third-order valence-electron chi connectivity index (χ3n) is 4.49. The molecule has 5 nitrogen and oxygen atoms in total. The summed E-state index contributed by atoms with van der Waals surface area (Å²) in [6.07, 6.45) is -0.205. The molecule has 4 aromatic rings. The van der Waals surface area contributed by atoms with E-state index in [0.29, 0.717) is 6.01 Å². The Kier molecular flexibility index (Phi) is 7.46. The third-order valence-corrected chi connectivity index (χ3v) is 4.49. The first-order chi connectivity index (χ1) is 14.2. The number of nitrogens with zero attached hydrogens (tertiary/aromatic N) is 2. The van der Waals surface area contributed by atoms with Crippen LogP contribution in [0.15, 0.2) is 91.0 Å². The van der Waals surface area contributed by atoms with E-state index in [1.165, 1.54) is 0 Å². The molecule has 1 heterocycles. The maximum Gasteiger partial charge on any atom is 1.00 e. The maximum atomic E-state index is 10.8. The molecular formula is C24H19N2NaO3. The molecule has 0 saturated heterocycles. The molecule has 0 fully saturated rings. The summed E-state index contributed by atoms with van der Waals surface area (Å²) < 4.78 is 7.72. The summed E-state index contributed by atoms with van der Waals surface area (Å²) in [6.45, 7) is -0.0192. The van der Waals surface area contributed by atoms with Crippen LogP contribution in [0.3, 0.4) is 0 Å². The van der Waals surface area contributed by atoms with Crippen LogP contribution in [0, 0.1) is 0 Å². The number of carbonyl (C=O) groups excluding carboxylic acids is 1. The summed E-state index contributed by atoms with van der Waals surface area (Å²) in [4.78, 5) is 15.6. The van der Waals surface area contributed by atoms with Crippen molar-refractivity contribution in [3.63, 3.8) is 0 Å². The molecule has 0 bridgehead atoms. The average Bonchev–Trinajstić information content (AvgIpc) is 3.15. The summed E-state index contributed by atoms with van der Waals surface area (Å²) in [5.74, 6) is -1.16. The fourth-order valence-electron chi connectivity index (χ4n) is 3.20. The number of hydrogen-bond acceptors (Lipinski definition) is 4. The van der Waals surface area contributed by atoms with Gasteiger partial charge in [-0.25, -0.2) is 0 Å². The van der Waals surface area contributed by atoms with Crippen LogP contribution in [0.5, 0.6) is 6.01 Å². The van der Waals surface area contributed by atoms with Gasteiger partial charge in [0.15, 0.2) is 0 Å². The van der Waals surface area contributed by atoms with Gasteiger partial charge < -0.3 is 14.6 Å². The van der Waals surface area contributed by atoms with Gasteiger partial charge >= 0.3 is 35.6 Å². The number of hydrogen-bond donors (Lipinski definition) is 0. The van der Waals surface area contributed by atoms with E-state index in [-0.39, 0.29) is 42.6 Å². The molecule has 0 amide bonds. The van der Waals surface area contributed by atoms with Gasteiger partial charge in [0.05, 0.1) is 18.0 Å². The minimum Gasteiger partial charge on any atom is -0.550 e. The number of rotatable bonds is 7. The first-order valence-corrected chi connectivity index (χ1v) is 9.35. The fraction of sp³-hybridized carbons (Fsp3) is 0.0833. The summed E-state index contributed by atoms with van der Waals surface area (Å²) in [7, 11) is 0. The Hall–Kier alpha value is -2.86. The van der Waals surface area contributed by atoms with E-state index in [9.17, 15) is 9.90 Å². The van der Waals surface area contributed by atoms with E-state index in [4.69, 9.17) is 9.72 Å². The molecule has 0 saturated carbocycles. The normalized spacial score (nSPS) is 10.3. The van der Waals surface area contributed by atoms with Crippen molar-refractivity contribution in [3.05, 3.63) is 91.0 Å². The molecular weight excluding hydrogens is 387 g/mol. The zero-order valence-electron chi connectivity index (χ0n) is 16.7. The predicted molar refractivity (Wildman–Crippen MR) is 110 cm³/mol. The summed E-state index contributed by atoms with van der Waals surface area (Å²) >= 11 is 0. The Morgan fingerprint density at radius 2 is 1.37 bits per heavy atom. The van der Waals surface area contributed by atoms with Crippen molar-refractivity contribution in [1.82, 2.24) is 9.55 Å². The Morgan fingerprint density at radius 3 is 1.93 bits per heavy atom. The van der Waals surface area contributed by atoms with Crippen LogP contribution in [-0.2, 0) is 4.79 Å². The second-order valence-electron chi connectivity index (χ2n) is 6.47. The average molecular weight is 406 g/mol. The molecule has 1 aromatic heterocycles. The number of carbonyl (C=O) groups is 1. The van der Waals surface area contributed by atoms with Gasteiger partial charge in [-0.1, -0.05) is 78.9 Å². The third kappa shape index (κ3) is 4.82. The van der Waals surface area contributed by atoms with E-state index >= 15 is 0 Å². The van der Waals surface area contributed by atoms with Crippen molar-refractivity contribution in [2.75, 3.05) is 6.61 Å². The molecule has 0 atom stereocenters. The van der Waals surface area contributed by atoms with Crippen molar-refractivity contribution in [2.45, 2.75) is 6.42 Å². The molecule has 0 N–H and O–H groups in total. The maximum absolute atomic E-state index is 10.8. The Bertz CT molecular complexity index is 1100. The van der Waals surface area contributed by atoms with Crippen molar-refractivity contribution in [3.8, 4) is 34.2 Å². The van der Waals surface area contributed by atoms with Crippen LogP contribution in [0.1, 0.15) is 6.42 Å². The predicted octanol–water partition coefficient (Wildman–Crippen LogP) is 0.729. The fourth-order valence-corrected chi connectivity index (χ4v) is 3.20. The number of aromatic nitrogens is 2. The molecule has 30 heavy (non-hydrogen) atoms. The van der Waals surface area contributed by atoms with Crippen LogP contribution in [-0.4, -0.2) is 22.1 Å². The first kappa shape index (κ1) is 21.8. The summed E-state index contributed by atoms with van der Waals surface area (Å²) in [6, 6.07) is 29.9.